The molecule has 0 spiro atoms. The number of rotatable bonds is 24. The first-order valence-electron chi connectivity index (χ1n) is 16.9. The van der Waals surface area contributed by atoms with Crippen LogP contribution in [0.15, 0.2) is 12.7 Å². The zero-order chi connectivity index (χ0) is 44.5. The summed E-state index contributed by atoms with van der Waals surface area (Å²) >= 11 is 0.745. The summed E-state index contributed by atoms with van der Waals surface area (Å²) in [6.45, 7) is 0.970. The molecule has 2 aromatic rings. The SMILES string of the molecule is CC(C(=O)CCC(=O)[O-])C(=O)SCCNC(=O)CCNC(=O)[C@H](O)C(C)(C)COP(=O)([O-])OP(=O)([O-])OC[C@H]1O[C@@H](n2cnc3c(N)ncnc32)[C@H](O)[C@@H]1OP(=O)([O-])[O-]. The third-order valence-corrected chi connectivity index (χ3v) is 12.2. The topological polar surface area (TPSA) is 432 Å². The van der Waals surface area contributed by atoms with Crippen molar-refractivity contribution in [1.29, 1.82) is 0 Å². The number of aliphatic hydroxyl groups excluding tert-OH is 2. The van der Waals surface area contributed by atoms with Crippen LogP contribution >= 0.6 is 35.2 Å². The highest BCUT2D eigenvalue weighted by atomic mass is 32.2. The summed E-state index contributed by atoms with van der Waals surface area (Å²) in [4.78, 5) is 118. The quantitative estimate of drug-likeness (QED) is 0.0373. The van der Waals surface area contributed by atoms with Gasteiger partial charge in [0.05, 0.1) is 33.3 Å². The standard InChI is InChI=1S/C28H44N7O20P3S/c1-14(15(36)4-5-18(38)39)27(43)59-9-8-30-17(37)6-7-31-25(42)22(41)28(2,3)11-52-58(49,50)55-57(47,48)51-10-16-21(54-56(44,45)46)20(40)26(53-16)35-13-34-19-23(29)32-12-33-24(19)35/h12-14,16,20-22,26,40-41H,4-11H2,1-3H3,(H,30,37)(H,31,42)(H,38,39)(H,47,48)(H,49,50)(H2,29,32,33)(H2,44,45,46)/p-5/t14?,16-,20-,21-,22+,26-/m1/s1. The van der Waals surface area contributed by atoms with E-state index in [1.807, 2.05) is 0 Å². The number of ketones is 1. The van der Waals surface area contributed by atoms with E-state index >= 15 is 0 Å². The summed E-state index contributed by atoms with van der Waals surface area (Å²) in [6.07, 6.45) is -8.76. The van der Waals surface area contributed by atoms with Crippen LogP contribution in [0, 0.1) is 11.3 Å². The average molecular weight is 919 g/mol. The van der Waals surface area contributed by atoms with Crippen molar-refractivity contribution in [2.75, 3.05) is 37.8 Å². The Morgan fingerprint density at radius 2 is 1.68 bits per heavy atom. The molecule has 0 bridgehead atoms. The molecule has 2 aromatic heterocycles. The molecular weight excluding hydrogens is 879 g/mol. The van der Waals surface area contributed by atoms with Crippen molar-refractivity contribution in [1.82, 2.24) is 30.2 Å². The fraction of sp³-hybridized carbons (Fsp3) is 0.643. The van der Waals surface area contributed by atoms with Gasteiger partial charge in [-0.1, -0.05) is 25.6 Å². The largest absolute Gasteiger partial charge is 0.790 e. The first-order chi connectivity index (χ1) is 27.2. The number of carboxylic acids is 1. The molecule has 1 aliphatic heterocycles. The molecule has 0 saturated carbocycles. The second kappa shape index (κ2) is 21.0. The molecule has 2 amide bonds. The van der Waals surface area contributed by atoms with E-state index in [9.17, 15) is 72.6 Å². The number of carboxylic acid groups (broad SMARTS) is 1. The Morgan fingerprint density at radius 3 is 2.32 bits per heavy atom. The Balaban J connectivity index is 1.46. The molecule has 27 nitrogen and oxygen atoms in total. The van der Waals surface area contributed by atoms with Gasteiger partial charge in [-0.05, 0) is 13.3 Å². The van der Waals surface area contributed by atoms with Crippen LogP contribution in [0.1, 0.15) is 46.3 Å². The van der Waals surface area contributed by atoms with Gasteiger partial charge < -0.3 is 78.9 Å². The fourth-order valence-electron chi connectivity index (χ4n) is 4.96. The van der Waals surface area contributed by atoms with Crippen molar-refractivity contribution in [3.8, 4) is 0 Å². The predicted molar refractivity (Wildman–Crippen MR) is 187 cm³/mol. The van der Waals surface area contributed by atoms with Crippen LogP contribution in [-0.4, -0.2) is 115 Å². The van der Waals surface area contributed by atoms with E-state index in [1.54, 1.807) is 0 Å². The molecule has 0 aliphatic carbocycles. The maximum atomic E-state index is 12.5. The summed E-state index contributed by atoms with van der Waals surface area (Å²) in [5.41, 5.74) is 3.97. The number of amides is 2. The highest BCUT2D eigenvalue weighted by Crippen LogP contribution is 2.56. The average Bonchev–Trinajstić information content (AvgIpc) is 3.69. The van der Waals surface area contributed by atoms with Crippen LogP contribution in [0.25, 0.3) is 11.2 Å². The first-order valence-corrected chi connectivity index (χ1v) is 22.3. The molecule has 1 fully saturated rings. The number of fused-ring (bicyclic) bond motifs is 1. The van der Waals surface area contributed by atoms with E-state index in [2.05, 4.69) is 43.5 Å². The zero-order valence-electron chi connectivity index (χ0n) is 31.1. The number of anilines is 1. The first kappa shape index (κ1) is 50.1. The van der Waals surface area contributed by atoms with E-state index in [4.69, 9.17) is 10.5 Å². The number of carbonyl (C=O) groups excluding carboxylic acids is 5. The number of phosphoric acid groups is 3. The number of phosphoric ester groups is 3. The Morgan fingerprint density at radius 1 is 1.02 bits per heavy atom. The second-order valence-electron chi connectivity index (χ2n) is 13.2. The number of thioether (sulfide) groups is 1. The smallest absolute Gasteiger partial charge is 0.274 e. The molecule has 3 heterocycles. The molecule has 0 radical (unpaired) electrons. The third-order valence-electron chi connectivity index (χ3n) is 8.13. The van der Waals surface area contributed by atoms with E-state index in [0.717, 1.165) is 42.8 Å². The lowest BCUT2D eigenvalue weighted by Crippen LogP contribution is -2.46. The molecule has 8 atom stereocenters. The van der Waals surface area contributed by atoms with Gasteiger partial charge in [0, 0.05) is 43.1 Å². The highest BCUT2D eigenvalue weighted by molar-refractivity contribution is 8.13. The number of aromatic nitrogens is 4. The number of nitrogens with two attached hydrogens (primary N) is 1. The van der Waals surface area contributed by atoms with Gasteiger partial charge in [0.15, 0.2) is 22.8 Å². The molecule has 31 heteroatoms. The van der Waals surface area contributed by atoms with Crippen LogP contribution in [-0.2, 0) is 60.3 Å². The van der Waals surface area contributed by atoms with E-state index < -0.39 is 114 Å². The number of aliphatic carboxylic acids is 1. The minimum Gasteiger partial charge on any atom is -0.790 e. The lowest BCUT2D eigenvalue weighted by molar-refractivity contribution is -0.347. The van der Waals surface area contributed by atoms with Gasteiger partial charge in [-0.15, -0.1) is 0 Å². The van der Waals surface area contributed by atoms with Gasteiger partial charge in [-0.25, -0.2) is 19.3 Å². The van der Waals surface area contributed by atoms with Crippen molar-refractivity contribution in [2.45, 2.75) is 70.7 Å². The van der Waals surface area contributed by atoms with Gasteiger partial charge in [-0.2, -0.15) is 0 Å². The second-order valence-corrected chi connectivity index (χ2v) is 18.4. The van der Waals surface area contributed by atoms with E-state index in [-0.39, 0.29) is 48.7 Å². The van der Waals surface area contributed by atoms with Crippen LogP contribution in [0.5, 0.6) is 0 Å². The maximum Gasteiger partial charge on any atom is 0.274 e. The van der Waals surface area contributed by atoms with Crippen molar-refractivity contribution >= 4 is 80.9 Å². The van der Waals surface area contributed by atoms with Crippen molar-refractivity contribution < 1.29 is 95.2 Å². The zero-order valence-corrected chi connectivity index (χ0v) is 34.6. The number of nitrogens with one attached hydrogen (secondary N) is 2. The van der Waals surface area contributed by atoms with E-state index in [0.29, 0.717) is 0 Å². The number of carbonyl (C=O) groups is 5. The molecule has 3 rings (SSSR count). The molecule has 6 N–H and O–H groups in total. The highest BCUT2D eigenvalue weighted by Gasteiger charge is 2.47. The Bertz CT molecular complexity index is 2000. The van der Waals surface area contributed by atoms with E-state index in [1.165, 1.54) is 6.92 Å². The number of imidazole rings is 1. The minimum atomic E-state index is -5.95. The summed E-state index contributed by atoms with van der Waals surface area (Å²) in [7, 11) is -17.7. The maximum absolute atomic E-state index is 12.5. The number of hydrogen-bond acceptors (Lipinski definition) is 25. The fourth-order valence-corrected chi connectivity index (χ4v) is 8.48. The molecule has 1 aliphatic rings. The summed E-state index contributed by atoms with van der Waals surface area (Å²) in [6, 6.07) is 0. The minimum absolute atomic E-state index is 0.00986. The summed E-state index contributed by atoms with van der Waals surface area (Å²) < 4.78 is 60.4. The van der Waals surface area contributed by atoms with Crippen LogP contribution in [0.3, 0.4) is 0 Å². The third kappa shape index (κ3) is 15.3. The number of nitrogen functional groups attached to an aromatic ring is 1. The lowest BCUT2D eigenvalue weighted by Gasteiger charge is -2.36. The molecule has 59 heavy (non-hydrogen) atoms. The van der Waals surface area contributed by atoms with Gasteiger partial charge >= 0.3 is 0 Å². The number of hydrogen-bond donors (Lipinski definition) is 5. The molecule has 1 saturated heterocycles. The normalized spacial score (nSPS) is 21.6. The van der Waals surface area contributed by atoms with Crippen molar-refractivity contribution in [3.63, 3.8) is 0 Å². The Kier molecular flexibility index (Phi) is 17.8. The summed E-state index contributed by atoms with van der Waals surface area (Å²) in [5.74, 6) is -4.74. The number of aliphatic hydroxyl groups is 2. The van der Waals surface area contributed by atoms with Crippen molar-refractivity contribution in [2.24, 2.45) is 11.3 Å². The van der Waals surface area contributed by atoms with Gasteiger partial charge in [0.25, 0.3) is 15.6 Å². The number of Topliss-reactive ketones (excluding diaryl/α,β-unsaturated/α-hetero) is 1. The number of nitrogens with zero attached hydrogens (tertiary/aromatic N) is 4. The Hall–Kier alpha value is -3.30. The number of ether oxygens (including phenoxy) is 1. The predicted octanol–water partition coefficient (Wildman–Crippen LogP) is -5.13. The lowest BCUT2D eigenvalue weighted by atomic mass is 9.87. The van der Waals surface area contributed by atoms with Crippen LogP contribution < -0.4 is 41.0 Å². The van der Waals surface area contributed by atoms with Gasteiger partial charge in [-0.3, -0.25) is 32.9 Å². The van der Waals surface area contributed by atoms with Crippen LogP contribution in [0.2, 0.25) is 0 Å². The monoisotopic (exact) mass is 918 g/mol. The molecule has 0 aromatic carbocycles. The molecule has 332 valence electrons. The molecular formula is C28H39N7O20P3S-5. The van der Waals surface area contributed by atoms with Gasteiger partial charge in [0.2, 0.25) is 11.8 Å². The summed E-state index contributed by atoms with van der Waals surface area (Å²) in [5, 5.41) is 36.0. The van der Waals surface area contributed by atoms with Crippen LogP contribution in [0.4, 0.5) is 5.82 Å². The van der Waals surface area contributed by atoms with Crippen molar-refractivity contribution in [3.05, 3.63) is 12.7 Å². The molecule has 3 unspecified atom stereocenters. The Labute approximate surface area is 338 Å². The van der Waals surface area contributed by atoms with Gasteiger partial charge in [0.1, 0.15) is 42.0 Å².